The summed E-state index contributed by atoms with van der Waals surface area (Å²) in [6.45, 7) is 4.59. The highest BCUT2D eigenvalue weighted by atomic mass is 15.2. The molecular weight excluding hydrogens is 186 g/mol. The van der Waals surface area contributed by atoms with Crippen LogP contribution in [-0.4, -0.2) is 36.1 Å². The van der Waals surface area contributed by atoms with E-state index in [-0.39, 0.29) is 0 Å². The quantitative estimate of drug-likeness (QED) is 0.791. The molecule has 1 aliphatic rings. The summed E-state index contributed by atoms with van der Waals surface area (Å²) in [5.74, 6) is 0. The number of nitrogens with zero attached hydrogens (tertiary/aromatic N) is 1. The summed E-state index contributed by atoms with van der Waals surface area (Å²) in [5, 5.41) is 3.41. The van der Waals surface area contributed by atoms with Gasteiger partial charge in [-0.2, -0.15) is 0 Å². The fourth-order valence-electron chi connectivity index (χ4n) is 2.35. The lowest BCUT2D eigenvalue weighted by molar-refractivity contribution is 0.150. The molecule has 1 atom stereocenters. The summed E-state index contributed by atoms with van der Waals surface area (Å²) in [6, 6.07) is 5.46. The van der Waals surface area contributed by atoms with Crippen molar-refractivity contribution in [2.75, 3.05) is 20.1 Å². The van der Waals surface area contributed by atoms with Crippen LogP contribution in [0.15, 0.2) is 18.3 Å². The van der Waals surface area contributed by atoms with Crippen molar-refractivity contribution in [1.82, 2.24) is 15.2 Å². The lowest BCUT2D eigenvalue weighted by Gasteiger charge is -2.35. The SMILES string of the molecule is CC(c1ccc[nH]1)N(C)C1CCNCC1. The molecule has 1 fully saturated rings. The minimum atomic E-state index is 0.489. The van der Waals surface area contributed by atoms with Crippen molar-refractivity contribution in [2.24, 2.45) is 0 Å². The van der Waals surface area contributed by atoms with Crippen LogP contribution in [0.2, 0.25) is 0 Å². The Kier molecular flexibility index (Phi) is 3.44. The van der Waals surface area contributed by atoms with Crippen molar-refractivity contribution in [2.45, 2.75) is 31.8 Å². The Morgan fingerprint density at radius 1 is 1.40 bits per heavy atom. The van der Waals surface area contributed by atoms with Crippen LogP contribution in [0.25, 0.3) is 0 Å². The highest BCUT2D eigenvalue weighted by Gasteiger charge is 2.22. The highest BCUT2D eigenvalue weighted by molar-refractivity contribution is 5.08. The third-order valence-corrected chi connectivity index (χ3v) is 3.57. The van der Waals surface area contributed by atoms with Gasteiger partial charge in [0.1, 0.15) is 0 Å². The van der Waals surface area contributed by atoms with Gasteiger partial charge < -0.3 is 10.3 Å². The topological polar surface area (TPSA) is 31.1 Å². The van der Waals surface area contributed by atoms with E-state index in [9.17, 15) is 0 Å². The van der Waals surface area contributed by atoms with E-state index in [0.717, 1.165) is 19.1 Å². The molecule has 0 aliphatic carbocycles. The third kappa shape index (κ3) is 2.41. The number of aromatic nitrogens is 1. The first-order valence-electron chi connectivity index (χ1n) is 5.85. The Morgan fingerprint density at radius 2 is 2.13 bits per heavy atom. The van der Waals surface area contributed by atoms with Crippen LogP contribution in [0.5, 0.6) is 0 Å². The van der Waals surface area contributed by atoms with Crippen LogP contribution in [0.3, 0.4) is 0 Å². The molecule has 2 N–H and O–H groups in total. The second-order valence-corrected chi connectivity index (χ2v) is 4.45. The zero-order valence-corrected chi connectivity index (χ0v) is 9.66. The predicted molar refractivity (Wildman–Crippen MR) is 62.9 cm³/mol. The zero-order chi connectivity index (χ0) is 10.7. The first-order chi connectivity index (χ1) is 7.29. The first kappa shape index (κ1) is 10.7. The summed E-state index contributed by atoms with van der Waals surface area (Å²) in [7, 11) is 2.24. The number of piperidine rings is 1. The van der Waals surface area contributed by atoms with Gasteiger partial charge in [-0.3, -0.25) is 4.90 Å². The van der Waals surface area contributed by atoms with E-state index < -0.39 is 0 Å². The smallest absolute Gasteiger partial charge is 0.0470 e. The number of nitrogens with one attached hydrogen (secondary N) is 2. The molecule has 3 heteroatoms. The largest absolute Gasteiger partial charge is 0.364 e. The second-order valence-electron chi connectivity index (χ2n) is 4.45. The van der Waals surface area contributed by atoms with Crippen molar-refractivity contribution in [1.29, 1.82) is 0 Å². The average molecular weight is 207 g/mol. The van der Waals surface area contributed by atoms with Gasteiger partial charge >= 0.3 is 0 Å². The maximum absolute atomic E-state index is 3.41. The molecule has 0 amide bonds. The summed E-state index contributed by atoms with van der Waals surface area (Å²) in [5.41, 5.74) is 1.32. The fraction of sp³-hybridized carbons (Fsp3) is 0.667. The molecule has 1 saturated heterocycles. The van der Waals surface area contributed by atoms with Crippen molar-refractivity contribution in [3.8, 4) is 0 Å². The van der Waals surface area contributed by atoms with Gasteiger partial charge in [-0.15, -0.1) is 0 Å². The normalized spacial score (nSPS) is 20.7. The van der Waals surface area contributed by atoms with Crippen LogP contribution in [0.4, 0.5) is 0 Å². The van der Waals surface area contributed by atoms with Crippen LogP contribution in [0, 0.1) is 0 Å². The number of rotatable bonds is 3. The molecule has 2 heterocycles. The highest BCUT2D eigenvalue weighted by Crippen LogP contribution is 2.22. The minimum absolute atomic E-state index is 0.489. The molecule has 1 unspecified atom stereocenters. The first-order valence-corrected chi connectivity index (χ1v) is 5.85. The molecule has 0 radical (unpaired) electrons. The molecule has 0 saturated carbocycles. The summed E-state index contributed by atoms with van der Waals surface area (Å²) >= 11 is 0. The fourth-order valence-corrected chi connectivity index (χ4v) is 2.35. The minimum Gasteiger partial charge on any atom is -0.364 e. The average Bonchev–Trinajstić information content (AvgIpc) is 2.82. The number of aromatic amines is 1. The second kappa shape index (κ2) is 4.81. The van der Waals surface area contributed by atoms with E-state index in [2.05, 4.69) is 41.3 Å². The Labute approximate surface area is 91.9 Å². The van der Waals surface area contributed by atoms with E-state index in [0.29, 0.717) is 6.04 Å². The standard InChI is InChI=1S/C12H21N3/c1-10(12-4-3-7-14-12)15(2)11-5-8-13-9-6-11/h3-4,7,10-11,13-14H,5-6,8-9H2,1-2H3. The summed E-state index contributed by atoms with van der Waals surface area (Å²) < 4.78 is 0. The Bertz CT molecular complexity index is 275. The molecule has 1 aromatic heterocycles. The van der Waals surface area contributed by atoms with Gasteiger partial charge in [0.2, 0.25) is 0 Å². The summed E-state index contributed by atoms with van der Waals surface area (Å²) in [4.78, 5) is 5.79. The van der Waals surface area contributed by atoms with Gasteiger partial charge in [0.25, 0.3) is 0 Å². The van der Waals surface area contributed by atoms with Gasteiger partial charge in [-0.1, -0.05) is 0 Å². The maximum atomic E-state index is 3.41. The van der Waals surface area contributed by atoms with Crippen LogP contribution < -0.4 is 5.32 Å². The van der Waals surface area contributed by atoms with E-state index in [1.807, 2.05) is 6.20 Å². The van der Waals surface area contributed by atoms with Crippen LogP contribution >= 0.6 is 0 Å². The van der Waals surface area contributed by atoms with Crippen molar-refractivity contribution in [3.63, 3.8) is 0 Å². The Hall–Kier alpha value is -0.800. The molecule has 1 aromatic rings. The lowest BCUT2D eigenvalue weighted by Crippen LogP contribution is -2.42. The van der Waals surface area contributed by atoms with E-state index >= 15 is 0 Å². The number of hydrogen-bond donors (Lipinski definition) is 2. The maximum Gasteiger partial charge on any atom is 0.0470 e. The van der Waals surface area contributed by atoms with Gasteiger partial charge in [-0.25, -0.2) is 0 Å². The molecule has 0 bridgehead atoms. The zero-order valence-electron chi connectivity index (χ0n) is 9.66. The number of H-pyrrole nitrogens is 1. The molecule has 1 aliphatic heterocycles. The monoisotopic (exact) mass is 207 g/mol. The Balaban J connectivity index is 1.97. The van der Waals surface area contributed by atoms with Crippen LogP contribution in [0.1, 0.15) is 31.5 Å². The van der Waals surface area contributed by atoms with E-state index in [4.69, 9.17) is 0 Å². The predicted octanol–water partition coefficient (Wildman–Crippen LogP) is 1.76. The Morgan fingerprint density at radius 3 is 2.73 bits per heavy atom. The molecule has 0 spiro atoms. The lowest BCUT2D eigenvalue weighted by atomic mass is 10.0. The molecule has 15 heavy (non-hydrogen) atoms. The van der Waals surface area contributed by atoms with Crippen molar-refractivity contribution < 1.29 is 0 Å². The van der Waals surface area contributed by atoms with Gasteiger partial charge in [0.05, 0.1) is 0 Å². The van der Waals surface area contributed by atoms with Gasteiger partial charge in [0.15, 0.2) is 0 Å². The van der Waals surface area contributed by atoms with Gasteiger partial charge in [-0.05, 0) is 52.0 Å². The van der Waals surface area contributed by atoms with Crippen molar-refractivity contribution in [3.05, 3.63) is 24.0 Å². The van der Waals surface area contributed by atoms with Crippen molar-refractivity contribution >= 4 is 0 Å². The molecule has 2 rings (SSSR count). The number of hydrogen-bond acceptors (Lipinski definition) is 2. The third-order valence-electron chi connectivity index (χ3n) is 3.57. The molecule has 0 aromatic carbocycles. The van der Waals surface area contributed by atoms with E-state index in [1.54, 1.807) is 0 Å². The van der Waals surface area contributed by atoms with Crippen LogP contribution in [-0.2, 0) is 0 Å². The molecule has 84 valence electrons. The van der Waals surface area contributed by atoms with E-state index in [1.165, 1.54) is 18.5 Å². The summed E-state index contributed by atoms with van der Waals surface area (Å²) in [6.07, 6.45) is 4.53. The molecule has 3 nitrogen and oxygen atoms in total. The van der Waals surface area contributed by atoms with Gasteiger partial charge in [0, 0.05) is 24.0 Å². The molecular formula is C12H21N3.